The van der Waals surface area contributed by atoms with Gasteiger partial charge in [0, 0.05) is 54.8 Å². The molecule has 0 saturated carbocycles. The number of benzene rings is 2. The Morgan fingerprint density at radius 3 is 1.94 bits per heavy atom. The van der Waals surface area contributed by atoms with Crippen molar-refractivity contribution in [1.82, 2.24) is 14.1 Å². The highest BCUT2D eigenvalue weighted by Gasteiger charge is 2.30. The number of nitrogens with zero attached hydrogens (tertiary/aromatic N) is 3. The lowest BCUT2D eigenvalue weighted by Gasteiger charge is -2.34. The molecule has 0 bridgehead atoms. The van der Waals surface area contributed by atoms with Crippen molar-refractivity contribution in [2.75, 3.05) is 26.2 Å². The van der Waals surface area contributed by atoms with Crippen LogP contribution in [0.5, 0.6) is 0 Å². The molecule has 32 heavy (non-hydrogen) atoms. The zero-order valence-electron chi connectivity index (χ0n) is 19.2. The molecule has 0 unspecified atom stereocenters. The van der Waals surface area contributed by atoms with Crippen LogP contribution in [0, 0.1) is 0 Å². The summed E-state index contributed by atoms with van der Waals surface area (Å²) in [7, 11) is -3.55. The lowest BCUT2D eigenvalue weighted by Crippen LogP contribution is -2.50. The van der Waals surface area contributed by atoms with E-state index in [4.69, 9.17) is 0 Å². The quantitative estimate of drug-likeness (QED) is 0.547. The van der Waals surface area contributed by atoms with Gasteiger partial charge in [0.2, 0.25) is 10.0 Å². The minimum atomic E-state index is -3.55. The van der Waals surface area contributed by atoms with E-state index in [-0.39, 0.29) is 10.8 Å². The van der Waals surface area contributed by atoms with Crippen LogP contribution in [-0.2, 0) is 16.6 Å². The van der Waals surface area contributed by atoms with Crippen molar-refractivity contribution >= 4 is 31.9 Å². The van der Waals surface area contributed by atoms with Gasteiger partial charge < -0.3 is 4.90 Å². The minimum Gasteiger partial charge on any atom is -0.336 e. The molecule has 0 radical (unpaired) electrons. The first kappa shape index (κ1) is 24.9. The summed E-state index contributed by atoms with van der Waals surface area (Å²) in [4.78, 5) is 17.4. The number of piperazine rings is 1. The van der Waals surface area contributed by atoms with Crippen molar-refractivity contribution < 1.29 is 13.2 Å². The number of hydrogen-bond donors (Lipinski definition) is 0. The molecule has 2 aromatic rings. The molecular formula is C24H32BrN3O3S. The Labute approximate surface area is 200 Å². The van der Waals surface area contributed by atoms with Crippen molar-refractivity contribution in [3.63, 3.8) is 0 Å². The molecule has 0 N–H and O–H groups in total. The summed E-state index contributed by atoms with van der Waals surface area (Å²) < 4.78 is 28.0. The van der Waals surface area contributed by atoms with Gasteiger partial charge in [-0.1, -0.05) is 28.1 Å². The van der Waals surface area contributed by atoms with Gasteiger partial charge in [-0.05, 0) is 69.7 Å². The van der Waals surface area contributed by atoms with Crippen LogP contribution in [0.15, 0.2) is 57.9 Å². The van der Waals surface area contributed by atoms with E-state index in [1.54, 1.807) is 29.2 Å². The third-order valence-corrected chi connectivity index (χ3v) is 8.31. The van der Waals surface area contributed by atoms with Crippen molar-refractivity contribution in [2.24, 2.45) is 0 Å². The Balaban J connectivity index is 1.61. The average Bonchev–Trinajstić information content (AvgIpc) is 2.77. The molecule has 0 atom stereocenters. The maximum atomic E-state index is 13.0. The van der Waals surface area contributed by atoms with Gasteiger partial charge in [0.1, 0.15) is 0 Å². The highest BCUT2D eigenvalue weighted by Crippen LogP contribution is 2.21. The van der Waals surface area contributed by atoms with Crippen LogP contribution in [0.25, 0.3) is 0 Å². The number of halogens is 1. The molecule has 0 aromatic heterocycles. The molecule has 0 aliphatic carbocycles. The van der Waals surface area contributed by atoms with E-state index in [0.717, 1.165) is 11.0 Å². The summed E-state index contributed by atoms with van der Waals surface area (Å²) in [6.45, 7) is 10.9. The lowest BCUT2D eigenvalue weighted by molar-refractivity contribution is 0.0698. The van der Waals surface area contributed by atoms with Crippen molar-refractivity contribution in [1.29, 1.82) is 0 Å². The molecule has 1 heterocycles. The predicted molar refractivity (Wildman–Crippen MR) is 131 cm³/mol. The van der Waals surface area contributed by atoms with Gasteiger partial charge in [-0.2, -0.15) is 4.31 Å². The Morgan fingerprint density at radius 2 is 1.44 bits per heavy atom. The SMILES string of the molecule is CC(C)N(Cc1ccc(C(=O)N2CCN(S(=O)(=O)c3ccc(Br)cc3)CC2)cc1)C(C)C. The number of sulfonamides is 1. The molecular weight excluding hydrogens is 490 g/mol. The van der Waals surface area contributed by atoms with E-state index < -0.39 is 10.0 Å². The molecule has 2 aromatic carbocycles. The number of hydrogen-bond acceptors (Lipinski definition) is 4. The smallest absolute Gasteiger partial charge is 0.253 e. The second kappa shape index (κ2) is 10.5. The molecule has 1 fully saturated rings. The molecule has 174 valence electrons. The Hall–Kier alpha value is -1.74. The summed E-state index contributed by atoms with van der Waals surface area (Å²) in [5.41, 5.74) is 1.81. The van der Waals surface area contributed by atoms with Gasteiger partial charge in [0.25, 0.3) is 5.91 Å². The molecule has 8 heteroatoms. The molecule has 1 aliphatic rings. The maximum Gasteiger partial charge on any atom is 0.253 e. The number of amides is 1. The highest BCUT2D eigenvalue weighted by molar-refractivity contribution is 9.10. The van der Waals surface area contributed by atoms with E-state index in [0.29, 0.717) is 43.8 Å². The second-order valence-electron chi connectivity index (χ2n) is 8.71. The molecule has 6 nitrogen and oxygen atoms in total. The largest absolute Gasteiger partial charge is 0.336 e. The van der Waals surface area contributed by atoms with Crippen LogP contribution in [0.1, 0.15) is 43.6 Å². The average molecular weight is 523 g/mol. The normalized spacial score (nSPS) is 15.7. The fourth-order valence-electron chi connectivity index (χ4n) is 3.99. The Morgan fingerprint density at radius 1 is 0.906 bits per heavy atom. The zero-order valence-corrected chi connectivity index (χ0v) is 21.6. The molecule has 1 amide bonds. The van der Waals surface area contributed by atoms with Crippen LogP contribution >= 0.6 is 15.9 Å². The van der Waals surface area contributed by atoms with E-state index >= 15 is 0 Å². The number of carbonyl (C=O) groups is 1. The monoisotopic (exact) mass is 521 g/mol. The van der Waals surface area contributed by atoms with Crippen LogP contribution < -0.4 is 0 Å². The molecule has 0 spiro atoms. The molecule has 1 aliphatic heterocycles. The first-order valence-corrected chi connectivity index (χ1v) is 13.2. The Bertz CT molecular complexity index is 1010. The Kier molecular flexibility index (Phi) is 8.14. The van der Waals surface area contributed by atoms with Gasteiger partial charge in [0.05, 0.1) is 4.90 Å². The molecule has 1 saturated heterocycles. The van der Waals surface area contributed by atoms with E-state index in [1.165, 1.54) is 9.87 Å². The fourth-order valence-corrected chi connectivity index (χ4v) is 5.68. The summed E-state index contributed by atoms with van der Waals surface area (Å²) in [6, 6.07) is 15.3. The van der Waals surface area contributed by atoms with Gasteiger partial charge >= 0.3 is 0 Å². The topological polar surface area (TPSA) is 60.9 Å². The lowest BCUT2D eigenvalue weighted by atomic mass is 10.1. The predicted octanol–water partition coefficient (Wildman–Crippen LogP) is 4.21. The van der Waals surface area contributed by atoms with Gasteiger partial charge in [-0.25, -0.2) is 8.42 Å². The van der Waals surface area contributed by atoms with Gasteiger partial charge in [-0.3, -0.25) is 9.69 Å². The standard InChI is InChI=1S/C24H32BrN3O3S/c1-18(2)28(19(3)4)17-20-5-7-21(8-6-20)24(29)26-13-15-27(16-14-26)32(30,31)23-11-9-22(25)10-12-23/h5-12,18-19H,13-17H2,1-4H3. The van der Waals surface area contributed by atoms with Crippen LogP contribution in [0.2, 0.25) is 0 Å². The summed E-state index contributed by atoms with van der Waals surface area (Å²) in [6.07, 6.45) is 0. The maximum absolute atomic E-state index is 13.0. The van der Waals surface area contributed by atoms with Crippen molar-refractivity contribution in [3.8, 4) is 0 Å². The van der Waals surface area contributed by atoms with Crippen LogP contribution in [-0.4, -0.2) is 66.7 Å². The summed E-state index contributed by atoms with van der Waals surface area (Å²) in [5.74, 6) is -0.0539. The van der Waals surface area contributed by atoms with Crippen molar-refractivity contribution in [2.45, 2.75) is 51.2 Å². The number of rotatable bonds is 7. The first-order chi connectivity index (χ1) is 15.1. The fraction of sp³-hybridized carbons (Fsp3) is 0.458. The van der Waals surface area contributed by atoms with Gasteiger partial charge in [-0.15, -0.1) is 0 Å². The van der Waals surface area contributed by atoms with E-state index in [9.17, 15) is 13.2 Å². The number of carbonyl (C=O) groups excluding carboxylic acids is 1. The second-order valence-corrected chi connectivity index (χ2v) is 11.6. The summed E-state index contributed by atoms with van der Waals surface area (Å²) in [5, 5.41) is 0. The van der Waals surface area contributed by atoms with Gasteiger partial charge in [0.15, 0.2) is 0 Å². The van der Waals surface area contributed by atoms with Crippen molar-refractivity contribution in [3.05, 3.63) is 64.1 Å². The van der Waals surface area contributed by atoms with E-state index in [2.05, 4.69) is 48.5 Å². The first-order valence-electron chi connectivity index (χ1n) is 11.0. The third-order valence-electron chi connectivity index (χ3n) is 5.87. The van der Waals surface area contributed by atoms with E-state index in [1.807, 2.05) is 24.3 Å². The van der Waals surface area contributed by atoms with Crippen LogP contribution in [0.4, 0.5) is 0 Å². The minimum absolute atomic E-state index is 0.0539. The zero-order chi connectivity index (χ0) is 23.5. The highest BCUT2D eigenvalue weighted by atomic mass is 79.9. The molecule has 3 rings (SSSR count). The van der Waals surface area contributed by atoms with Crippen LogP contribution in [0.3, 0.4) is 0 Å². The summed E-state index contributed by atoms with van der Waals surface area (Å²) >= 11 is 3.33. The third kappa shape index (κ3) is 5.78.